The fraction of sp³-hybridized carbons (Fsp3) is 0.786. The smallest absolute Gasteiger partial charge is 0.309 e. The number of piperidine rings is 1. The molecule has 2 rings (SSSR count). The third-order valence-electron chi connectivity index (χ3n) is 3.97. The Bertz CT molecular complexity index is 482. The van der Waals surface area contributed by atoms with Gasteiger partial charge >= 0.3 is 5.97 Å². The van der Waals surface area contributed by atoms with Gasteiger partial charge in [0.25, 0.3) is 0 Å². The number of rotatable bonds is 3. The average molecular weight is 281 g/mol. The van der Waals surface area contributed by atoms with Crippen molar-refractivity contribution in [1.29, 1.82) is 0 Å². The van der Waals surface area contributed by atoms with Crippen molar-refractivity contribution in [2.24, 2.45) is 5.41 Å². The lowest BCUT2D eigenvalue weighted by Crippen LogP contribution is -2.42. The van der Waals surface area contributed by atoms with E-state index in [1.54, 1.807) is 0 Å². The number of aromatic nitrogens is 2. The standard InChI is InChI=1S/C14H23N3O3/c1-13(2,3)11-15-10(20-16-11)9-17-7-5-14(4,6-8-17)12(18)19/h5-9H2,1-4H3,(H,18,19). The van der Waals surface area contributed by atoms with Crippen molar-refractivity contribution in [3.63, 3.8) is 0 Å². The summed E-state index contributed by atoms with van der Waals surface area (Å²) in [5.41, 5.74) is -0.715. The molecule has 1 aliphatic heterocycles. The van der Waals surface area contributed by atoms with Gasteiger partial charge in [-0.15, -0.1) is 0 Å². The molecule has 1 N–H and O–H groups in total. The van der Waals surface area contributed by atoms with Crippen LogP contribution in [0.15, 0.2) is 4.52 Å². The maximum atomic E-state index is 11.2. The van der Waals surface area contributed by atoms with Gasteiger partial charge in [-0.3, -0.25) is 9.69 Å². The molecule has 1 aromatic rings. The number of carbonyl (C=O) groups is 1. The Labute approximate surface area is 119 Å². The highest BCUT2D eigenvalue weighted by Crippen LogP contribution is 2.31. The number of hydrogen-bond donors (Lipinski definition) is 1. The lowest BCUT2D eigenvalue weighted by Gasteiger charge is -2.35. The van der Waals surface area contributed by atoms with Crippen LogP contribution in [0.25, 0.3) is 0 Å². The van der Waals surface area contributed by atoms with Gasteiger partial charge in [-0.1, -0.05) is 25.9 Å². The minimum atomic E-state index is -0.704. The average Bonchev–Trinajstić information content (AvgIpc) is 2.80. The summed E-state index contributed by atoms with van der Waals surface area (Å²) >= 11 is 0. The second-order valence-electron chi connectivity index (χ2n) is 6.90. The predicted molar refractivity (Wildman–Crippen MR) is 73.3 cm³/mol. The Balaban J connectivity index is 1.93. The van der Waals surface area contributed by atoms with Crippen molar-refractivity contribution < 1.29 is 14.4 Å². The summed E-state index contributed by atoms with van der Waals surface area (Å²) in [5, 5.41) is 13.2. The van der Waals surface area contributed by atoms with Crippen LogP contribution in [0.5, 0.6) is 0 Å². The summed E-state index contributed by atoms with van der Waals surface area (Å²) in [7, 11) is 0. The SMILES string of the molecule is CC1(C(=O)O)CCN(Cc2nc(C(C)(C)C)no2)CC1. The van der Waals surface area contributed by atoms with Crippen LogP contribution in [0.3, 0.4) is 0 Å². The Morgan fingerprint density at radius 1 is 1.40 bits per heavy atom. The van der Waals surface area contributed by atoms with E-state index in [1.165, 1.54) is 0 Å². The number of likely N-dealkylation sites (tertiary alicyclic amines) is 1. The minimum absolute atomic E-state index is 0.120. The molecule has 0 bridgehead atoms. The first-order chi connectivity index (χ1) is 9.21. The van der Waals surface area contributed by atoms with Crippen molar-refractivity contribution >= 4 is 5.97 Å². The van der Waals surface area contributed by atoms with Crippen molar-refractivity contribution in [2.45, 2.75) is 52.5 Å². The van der Waals surface area contributed by atoms with Gasteiger partial charge in [0, 0.05) is 5.41 Å². The minimum Gasteiger partial charge on any atom is -0.481 e. The summed E-state index contributed by atoms with van der Waals surface area (Å²) in [5.74, 6) is 0.610. The highest BCUT2D eigenvalue weighted by Gasteiger charge is 2.37. The summed E-state index contributed by atoms with van der Waals surface area (Å²) in [6, 6.07) is 0. The molecular formula is C14H23N3O3. The predicted octanol–water partition coefficient (Wildman–Crippen LogP) is 2.05. The fourth-order valence-electron chi connectivity index (χ4n) is 2.23. The van der Waals surface area contributed by atoms with E-state index < -0.39 is 11.4 Å². The maximum absolute atomic E-state index is 11.2. The largest absolute Gasteiger partial charge is 0.481 e. The van der Waals surface area contributed by atoms with Gasteiger partial charge in [0.05, 0.1) is 12.0 Å². The van der Waals surface area contributed by atoms with Gasteiger partial charge in [-0.05, 0) is 32.9 Å². The molecule has 1 aliphatic rings. The molecule has 0 aromatic carbocycles. The molecule has 0 atom stereocenters. The Kier molecular flexibility index (Phi) is 3.86. The molecule has 1 fully saturated rings. The number of carboxylic acids is 1. The summed E-state index contributed by atoms with van der Waals surface area (Å²) in [6.07, 6.45) is 1.31. The monoisotopic (exact) mass is 281 g/mol. The molecule has 1 aromatic heterocycles. The topological polar surface area (TPSA) is 79.5 Å². The van der Waals surface area contributed by atoms with E-state index in [0.29, 0.717) is 31.1 Å². The van der Waals surface area contributed by atoms with Gasteiger partial charge in [-0.25, -0.2) is 0 Å². The van der Waals surface area contributed by atoms with Crippen LogP contribution in [0.1, 0.15) is 52.3 Å². The molecule has 112 valence electrons. The van der Waals surface area contributed by atoms with E-state index in [-0.39, 0.29) is 5.41 Å². The molecule has 0 unspecified atom stereocenters. The second-order valence-corrected chi connectivity index (χ2v) is 6.90. The van der Waals surface area contributed by atoms with Gasteiger partial charge in [0.1, 0.15) is 0 Å². The van der Waals surface area contributed by atoms with Crippen molar-refractivity contribution in [3.8, 4) is 0 Å². The molecule has 1 saturated heterocycles. The third kappa shape index (κ3) is 3.17. The molecule has 0 saturated carbocycles. The maximum Gasteiger partial charge on any atom is 0.309 e. The fourth-order valence-corrected chi connectivity index (χ4v) is 2.23. The summed E-state index contributed by atoms with van der Waals surface area (Å²) < 4.78 is 5.27. The van der Waals surface area contributed by atoms with E-state index in [4.69, 9.17) is 4.52 Å². The van der Waals surface area contributed by atoms with E-state index >= 15 is 0 Å². The second kappa shape index (κ2) is 5.16. The molecule has 6 nitrogen and oxygen atoms in total. The zero-order valence-corrected chi connectivity index (χ0v) is 12.6. The lowest BCUT2D eigenvalue weighted by atomic mass is 9.80. The van der Waals surface area contributed by atoms with Crippen LogP contribution in [0.2, 0.25) is 0 Å². The van der Waals surface area contributed by atoms with Crippen LogP contribution in [0, 0.1) is 5.41 Å². The van der Waals surface area contributed by atoms with Gasteiger partial charge < -0.3 is 9.63 Å². The number of carboxylic acid groups (broad SMARTS) is 1. The van der Waals surface area contributed by atoms with E-state index in [9.17, 15) is 9.90 Å². The lowest BCUT2D eigenvalue weighted by molar-refractivity contribution is -0.150. The molecule has 2 heterocycles. The van der Waals surface area contributed by atoms with Crippen molar-refractivity contribution in [2.75, 3.05) is 13.1 Å². The summed E-state index contributed by atoms with van der Waals surface area (Å²) in [6.45, 7) is 10.0. The van der Waals surface area contributed by atoms with Crippen LogP contribution in [-0.2, 0) is 16.8 Å². The molecule has 0 amide bonds. The molecule has 0 spiro atoms. The first-order valence-electron chi connectivity index (χ1n) is 6.99. The number of hydrogen-bond acceptors (Lipinski definition) is 5. The van der Waals surface area contributed by atoms with Gasteiger partial charge in [0.15, 0.2) is 5.82 Å². The summed E-state index contributed by atoms with van der Waals surface area (Å²) in [4.78, 5) is 17.8. The van der Waals surface area contributed by atoms with E-state index in [1.807, 2.05) is 27.7 Å². The number of nitrogens with zero attached hydrogens (tertiary/aromatic N) is 3. The van der Waals surface area contributed by atoms with E-state index in [0.717, 1.165) is 13.1 Å². The molecule has 6 heteroatoms. The quantitative estimate of drug-likeness (QED) is 0.913. The van der Waals surface area contributed by atoms with Crippen molar-refractivity contribution in [1.82, 2.24) is 15.0 Å². The Hall–Kier alpha value is -1.43. The molecule has 20 heavy (non-hydrogen) atoms. The zero-order chi connectivity index (χ0) is 15.0. The third-order valence-corrected chi connectivity index (χ3v) is 3.97. The molecule has 0 aliphatic carbocycles. The number of aliphatic carboxylic acids is 1. The van der Waals surface area contributed by atoms with Gasteiger partial charge in [0.2, 0.25) is 5.89 Å². The van der Waals surface area contributed by atoms with Crippen LogP contribution >= 0.6 is 0 Å². The van der Waals surface area contributed by atoms with Crippen LogP contribution in [-0.4, -0.2) is 39.2 Å². The first-order valence-corrected chi connectivity index (χ1v) is 6.99. The highest BCUT2D eigenvalue weighted by molar-refractivity contribution is 5.74. The van der Waals surface area contributed by atoms with Crippen LogP contribution < -0.4 is 0 Å². The highest BCUT2D eigenvalue weighted by atomic mass is 16.5. The Morgan fingerprint density at radius 3 is 2.45 bits per heavy atom. The van der Waals surface area contributed by atoms with E-state index in [2.05, 4.69) is 15.0 Å². The molecular weight excluding hydrogens is 258 g/mol. The van der Waals surface area contributed by atoms with Gasteiger partial charge in [-0.2, -0.15) is 4.98 Å². The zero-order valence-electron chi connectivity index (χ0n) is 12.6. The first kappa shape index (κ1) is 15.0. The Morgan fingerprint density at radius 2 is 2.00 bits per heavy atom. The van der Waals surface area contributed by atoms with Crippen molar-refractivity contribution in [3.05, 3.63) is 11.7 Å². The molecule has 0 radical (unpaired) electrons. The normalized spacial score (nSPS) is 20.0. The van der Waals surface area contributed by atoms with Crippen LogP contribution in [0.4, 0.5) is 0 Å².